The van der Waals surface area contributed by atoms with Crippen LogP contribution in [0, 0.1) is 27.9 Å². The minimum Gasteiger partial charge on any atom is -0.459 e. The first-order chi connectivity index (χ1) is 27.2. The first-order valence-corrected chi connectivity index (χ1v) is 21.1. The number of aliphatic hydroxyl groups is 3. The Hall–Kier alpha value is -2.10. The minimum atomic E-state index is -1.79. The van der Waals surface area contributed by atoms with Crippen molar-refractivity contribution in [3.8, 4) is 0 Å². The average Bonchev–Trinajstić information content (AvgIpc) is 3.39. The number of ether oxygens (including phenoxy) is 7. The van der Waals surface area contributed by atoms with Crippen molar-refractivity contribution < 1.29 is 68.0 Å². The van der Waals surface area contributed by atoms with Crippen LogP contribution in [0.15, 0.2) is 0 Å². The zero-order valence-electron chi connectivity index (χ0n) is 37.8. The van der Waals surface area contributed by atoms with E-state index in [-0.39, 0.29) is 31.5 Å². The average molecular weight is 848 g/mol. The highest BCUT2D eigenvalue weighted by atomic mass is 17.0. The third kappa shape index (κ3) is 10.1. The van der Waals surface area contributed by atoms with Crippen molar-refractivity contribution in [2.24, 2.45) is 17.8 Å². The van der Waals surface area contributed by atoms with Crippen LogP contribution in [0.5, 0.6) is 0 Å². The van der Waals surface area contributed by atoms with E-state index < -0.39 is 125 Å². The van der Waals surface area contributed by atoms with E-state index in [2.05, 4.69) is 0 Å². The number of ketones is 1. The maximum absolute atomic E-state index is 14.5. The lowest BCUT2D eigenvalue weighted by Gasteiger charge is -2.49. The summed E-state index contributed by atoms with van der Waals surface area (Å²) in [5, 5.41) is 47.1. The number of hydrogen-bond acceptors (Lipinski definition) is 17. The van der Waals surface area contributed by atoms with Gasteiger partial charge >= 0.3 is 5.97 Å². The highest BCUT2D eigenvalue weighted by Gasteiger charge is 2.61. The van der Waals surface area contributed by atoms with Crippen molar-refractivity contribution >= 4 is 11.8 Å². The zero-order chi connectivity index (χ0) is 44.7. The van der Waals surface area contributed by atoms with Crippen molar-refractivity contribution in [2.75, 3.05) is 28.3 Å². The quantitative estimate of drug-likeness (QED) is 0.164. The molecule has 3 N–H and O–H groups in total. The summed E-state index contributed by atoms with van der Waals surface area (Å²) >= 11 is 0. The van der Waals surface area contributed by atoms with Gasteiger partial charge in [0.25, 0.3) is 5.09 Å². The molecule has 0 spiro atoms. The second-order valence-corrected chi connectivity index (χ2v) is 18.8. The van der Waals surface area contributed by atoms with E-state index in [9.17, 15) is 35.0 Å². The first-order valence-electron chi connectivity index (χ1n) is 21.1. The number of esters is 1. The summed E-state index contributed by atoms with van der Waals surface area (Å²) in [6.07, 6.45) is -9.52. The molecule has 4 rings (SSSR count). The highest BCUT2D eigenvalue weighted by molar-refractivity contribution is 5.85. The van der Waals surface area contributed by atoms with Gasteiger partial charge in [0, 0.05) is 38.0 Å². The lowest BCUT2D eigenvalue weighted by Crippen LogP contribution is -2.61. The van der Waals surface area contributed by atoms with E-state index in [0.717, 1.165) is 0 Å². The molecule has 2 bridgehead atoms. The summed E-state index contributed by atoms with van der Waals surface area (Å²) in [6.45, 7) is 18.6. The van der Waals surface area contributed by atoms with Crippen LogP contribution in [0.25, 0.3) is 0 Å². The fourth-order valence-corrected chi connectivity index (χ4v) is 10.2. The number of cyclic esters (lactones) is 1. The van der Waals surface area contributed by atoms with E-state index in [0.29, 0.717) is 6.42 Å². The summed E-state index contributed by atoms with van der Waals surface area (Å²) in [5.74, 6) is -3.51. The molecule has 0 aliphatic carbocycles. The Morgan fingerprint density at radius 2 is 1.64 bits per heavy atom. The Labute approximate surface area is 349 Å². The van der Waals surface area contributed by atoms with Gasteiger partial charge in [0.05, 0.1) is 41.5 Å². The van der Waals surface area contributed by atoms with Crippen LogP contribution < -0.4 is 0 Å². The van der Waals surface area contributed by atoms with Crippen molar-refractivity contribution in [3.05, 3.63) is 10.1 Å². The molecule has 4 saturated heterocycles. The molecule has 4 aliphatic heterocycles. The van der Waals surface area contributed by atoms with E-state index in [4.69, 9.17) is 38.0 Å². The number of rotatable bonds is 10. The van der Waals surface area contributed by atoms with Gasteiger partial charge in [0.2, 0.25) is 0 Å². The van der Waals surface area contributed by atoms with Gasteiger partial charge in [-0.15, -0.1) is 10.1 Å². The molecule has 0 aromatic rings. The predicted octanol–water partition coefficient (Wildman–Crippen LogP) is 2.83. The van der Waals surface area contributed by atoms with Crippen LogP contribution in [0.2, 0.25) is 0 Å². The topological polar surface area (TPSA) is 218 Å². The Morgan fingerprint density at radius 3 is 2.19 bits per heavy atom. The van der Waals surface area contributed by atoms with Gasteiger partial charge in [-0.3, -0.25) is 14.5 Å². The Balaban J connectivity index is 1.92. The number of Topliss-reactive ketones (excluding diaryl/α,β-unsaturated/α-hetero) is 1. The third-order valence-electron chi connectivity index (χ3n) is 13.7. The smallest absolute Gasteiger partial charge is 0.311 e. The third-order valence-corrected chi connectivity index (χ3v) is 13.7. The molecule has 3 unspecified atom stereocenters. The fraction of sp³-hybridized carbons (Fsp3) is 0.951. The first kappa shape index (κ1) is 49.6. The van der Waals surface area contributed by atoms with Gasteiger partial charge in [0.1, 0.15) is 23.9 Å². The lowest BCUT2D eigenvalue weighted by atomic mass is 9.76. The van der Waals surface area contributed by atoms with Crippen LogP contribution in [0.4, 0.5) is 0 Å². The second kappa shape index (κ2) is 18.7. The van der Waals surface area contributed by atoms with Gasteiger partial charge in [-0.2, -0.15) is 0 Å². The molecule has 0 aromatic heterocycles. The molecule has 0 aromatic carbocycles. The molecular formula is C41H73N3O15. The molecule has 18 heteroatoms. The van der Waals surface area contributed by atoms with E-state index >= 15 is 0 Å². The van der Waals surface area contributed by atoms with Crippen molar-refractivity contribution in [3.63, 3.8) is 0 Å². The number of nitrogens with zero attached hydrogens (tertiary/aromatic N) is 3. The maximum Gasteiger partial charge on any atom is 0.311 e. The van der Waals surface area contributed by atoms with Crippen molar-refractivity contribution in [1.29, 1.82) is 0 Å². The van der Waals surface area contributed by atoms with Gasteiger partial charge in [-0.05, 0) is 102 Å². The zero-order valence-corrected chi connectivity index (χ0v) is 37.8. The van der Waals surface area contributed by atoms with Crippen LogP contribution in [-0.4, -0.2) is 166 Å². The number of methoxy groups -OCH3 is 1. The molecule has 0 amide bonds. The lowest BCUT2D eigenvalue weighted by molar-refractivity contribution is -0.775. The Morgan fingerprint density at radius 1 is 1.02 bits per heavy atom. The minimum absolute atomic E-state index is 0.0118. The van der Waals surface area contributed by atoms with Crippen LogP contribution in [-0.2, 0) is 47.6 Å². The molecule has 19 atom stereocenters. The molecule has 4 fully saturated rings. The predicted molar refractivity (Wildman–Crippen MR) is 212 cm³/mol. The molecule has 0 radical (unpaired) electrons. The summed E-state index contributed by atoms with van der Waals surface area (Å²) in [7, 11) is 6.77. The van der Waals surface area contributed by atoms with E-state index in [1.54, 1.807) is 79.4 Å². The molecule has 342 valence electrons. The molecular weight excluding hydrogens is 774 g/mol. The van der Waals surface area contributed by atoms with E-state index in [1.165, 1.54) is 14.0 Å². The summed E-state index contributed by atoms with van der Waals surface area (Å²) in [4.78, 5) is 49.0. The van der Waals surface area contributed by atoms with Gasteiger partial charge in [0.15, 0.2) is 30.2 Å². The van der Waals surface area contributed by atoms with Crippen LogP contribution in [0.3, 0.4) is 0 Å². The second-order valence-electron chi connectivity index (χ2n) is 18.8. The van der Waals surface area contributed by atoms with Crippen LogP contribution >= 0.6 is 0 Å². The van der Waals surface area contributed by atoms with Gasteiger partial charge in [-0.25, -0.2) is 0 Å². The standard InChI is InChI=1S/C41H73N3O15/c1-16-29-40(11,49)35-25(6)43(14)41(58-35,27(8)45)19-21(2)18-38(9,48)34(57-37-32(59-44(50)51)28(42(12)13)17-22(3)53-37)23(4)31(24(5)36(47)55-29)56-30-20-39(10,52-15)33(46)26(7)54-30/h21-26,28-35,37,46,48-49H,16-20H2,1-15H3/t21-,22-,23+,24-,25-,26+,28?,29-,30+,31+,32?,33+,34-,35-,37+,38-,39-,40-,41?/m1/s1. The number of hydrogen-bond donors (Lipinski definition) is 3. The molecule has 0 saturated carbocycles. The fourth-order valence-electron chi connectivity index (χ4n) is 10.2. The van der Waals surface area contributed by atoms with Crippen LogP contribution in [0.1, 0.15) is 108 Å². The number of carbonyl (C=O) groups excluding carboxylic acids is 2. The summed E-state index contributed by atoms with van der Waals surface area (Å²) < 4.78 is 44.5. The Kier molecular flexibility index (Phi) is 15.7. The normalized spacial score (nSPS) is 48.2. The molecule has 18 nitrogen and oxygen atoms in total. The summed E-state index contributed by atoms with van der Waals surface area (Å²) in [5.41, 5.74) is -6.16. The number of aliphatic hydroxyl groups excluding tert-OH is 1. The molecule has 4 aliphatic rings. The number of likely N-dealkylation sites (N-methyl/N-ethyl adjacent to an activating group) is 2. The van der Waals surface area contributed by atoms with Crippen molar-refractivity contribution in [1.82, 2.24) is 9.80 Å². The number of carbonyl (C=O) groups is 2. The maximum atomic E-state index is 14.5. The largest absolute Gasteiger partial charge is 0.459 e. The van der Waals surface area contributed by atoms with Crippen molar-refractivity contribution in [2.45, 2.75) is 204 Å². The van der Waals surface area contributed by atoms with Gasteiger partial charge in [-0.1, -0.05) is 20.8 Å². The number of fused-ring (bicyclic) bond motifs is 2. The highest BCUT2D eigenvalue weighted by Crippen LogP contribution is 2.46. The summed E-state index contributed by atoms with van der Waals surface area (Å²) in [6, 6.07) is -1.03. The van der Waals surface area contributed by atoms with E-state index in [1.807, 2.05) is 20.8 Å². The SMILES string of the molecule is CC[C@H]1OC(=O)[C@H](C)[C@@H](O[C@H]2C[C@@](C)(OC)[C@@H](O)[C@H](C)O2)[C@H](C)[C@@H](O[C@@H]2O[C@H](C)CC(N(C)C)C2O[N+](=O)[O-])[C@](C)(O)C[C@@H](C)CC2(C(C)=O)O[C@H]([C@@H](C)N2C)[C@]1(C)O. The molecule has 59 heavy (non-hydrogen) atoms. The molecule has 4 heterocycles. The van der Waals surface area contributed by atoms with Gasteiger partial charge < -0.3 is 58.2 Å². The monoisotopic (exact) mass is 848 g/mol. The Bertz CT molecular complexity index is 1470.